The highest BCUT2D eigenvalue weighted by molar-refractivity contribution is 7.11. The monoisotopic (exact) mass is 640 g/mol. The Hall–Kier alpha value is -3.23. The molecule has 4 heterocycles. The van der Waals surface area contributed by atoms with E-state index in [0.717, 1.165) is 12.8 Å². The van der Waals surface area contributed by atoms with E-state index in [1.54, 1.807) is 32.2 Å². The first-order valence-electron chi connectivity index (χ1n) is 15.6. The van der Waals surface area contributed by atoms with Crippen molar-refractivity contribution in [3.05, 3.63) is 63.0 Å². The van der Waals surface area contributed by atoms with E-state index < -0.39 is 24.3 Å². The Morgan fingerprint density at radius 3 is 2.67 bits per heavy atom. The molecule has 1 aliphatic carbocycles. The second-order valence-corrected chi connectivity index (χ2v) is 13.6. The molecule has 0 spiro atoms. The maximum Gasteiger partial charge on any atom is 0.338 e. The van der Waals surface area contributed by atoms with Crippen LogP contribution in [0, 0.1) is 18.7 Å². The lowest BCUT2D eigenvalue weighted by Gasteiger charge is -2.45. The minimum atomic E-state index is -0.781. The van der Waals surface area contributed by atoms with Gasteiger partial charge in [-0.15, -0.1) is 11.3 Å². The number of hydrogen-bond donors (Lipinski definition) is 3. The number of hydrogen-bond acceptors (Lipinski definition) is 11. The summed E-state index contributed by atoms with van der Waals surface area (Å²) in [5.74, 6) is -1.39. The van der Waals surface area contributed by atoms with Crippen molar-refractivity contribution in [3.63, 3.8) is 0 Å². The summed E-state index contributed by atoms with van der Waals surface area (Å²) in [5, 5.41) is 26.7. The maximum absolute atomic E-state index is 14.8. The average molecular weight is 641 g/mol. The lowest BCUT2D eigenvalue weighted by atomic mass is 9.85. The molecule has 0 bridgehead atoms. The van der Waals surface area contributed by atoms with E-state index in [1.807, 2.05) is 5.38 Å². The summed E-state index contributed by atoms with van der Waals surface area (Å²) in [6, 6.07) is 4.18. The molecule has 3 atom stereocenters. The Balaban J connectivity index is 1.28. The van der Waals surface area contributed by atoms with Crippen LogP contribution in [0.5, 0.6) is 0 Å². The lowest BCUT2D eigenvalue weighted by Crippen LogP contribution is -2.61. The average Bonchev–Trinajstić information content (AvgIpc) is 3.64. The molecule has 1 unspecified atom stereocenters. The van der Waals surface area contributed by atoms with Crippen LogP contribution in [-0.4, -0.2) is 105 Å². The number of amidine groups is 1. The molecule has 1 saturated carbocycles. The number of aliphatic hydroxyl groups is 1. The Morgan fingerprint density at radius 2 is 1.98 bits per heavy atom. The predicted molar refractivity (Wildman–Crippen MR) is 167 cm³/mol. The fourth-order valence-corrected chi connectivity index (χ4v) is 8.04. The fourth-order valence-electron chi connectivity index (χ4n) is 7.45. The van der Waals surface area contributed by atoms with Gasteiger partial charge in [0.25, 0.3) is 0 Å². The number of benzene rings is 1. The van der Waals surface area contributed by atoms with Crippen LogP contribution in [0.1, 0.15) is 61.7 Å². The summed E-state index contributed by atoms with van der Waals surface area (Å²) in [6.07, 6.45) is 3.72. The van der Waals surface area contributed by atoms with Crippen LogP contribution in [0.15, 0.2) is 46.0 Å². The summed E-state index contributed by atoms with van der Waals surface area (Å²) in [7, 11) is 0. The molecule has 2 saturated heterocycles. The van der Waals surface area contributed by atoms with E-state index in [1.165, 1.54) is 17.4 Å². The number of aliphatic hydroxyl groups excluding tert-OH is 1. The number of carbonyl (C=O) groups is 2. The molecule has 3 N–H and O–H groups in total. The number of carboxylic acids is 1. The summed E-state index contributed by atoms with van der Waals surface area (Å²) in [5.41, 5.74) is 1.65. The van der Waals surface area contributed by atoms with Crippen LogP contribution in [-0.2, 0) is 14.3 Å². The van der Waals surface area contributed by atoms with E-state index in [0.29, 0.717) is 78.8 Å². The third-order valence-corrected chi connectivity index (χ3v) is 10.6. The van der Waals surface area contributed by atoms with Gasteiger partial charge in [0.1, 0.15) is 11.9 Å². The highest BCUT2D eigenvalue weighted by atomic mass is 32.1. The number of halogens is 1. The number of esters is 1. The van der Waals surface area contributed by atoms with Crippen LogP contribution >= 0.6 is 11.3 Å². The number of aromatic nitrogens is 1. The smallest absolute Gasteiger partial charge is 0.338 e. The van der Waals surface area contributed by atoms with Crippen LogP contribution < -0.4 is 5.32 Å². The number of ether oxygens (including phenoxy) is 1. The second-order valence-electron chi connectivity index (χ2n) is 12.7. The molecule has 3 aliphatic heterocycles. The normalized spacial score (nSPS) is 29.7. The molecule has 45 heavy (non-hydrogen) atoms. The topological polar surface area (TPSA) is 131 Å². The number of carbonyl (C=O) groups excluding carboxylic acids is 1. The summed E-state index contributed by atoms with van der Waals surface area (Å²) >= 11 is 1.43. The van der Waals surface area contributed by atoms with E-state index in [-0.39, 0.29) is 29.9 Å². The second kappa shape index (κ2) is 12.9. The number of carboxylic acid groups (broad SMARTS) is 1. The highest BCUT2D eigenvalue weighted by Gasteiger charge is 2.52. The van der Waals surface area contributed by atoms with Gasteiger partial charge in [0.2, 0.25) is 0 Å². The minimum absolute atomic E-state index is 0.136. The van der Waals surface area contributed by atoms with Crippen LogP contribution in [0.25, 0.3) is 0 Å². The molecule has 1 aromatic carbocycles. The van der Waals surface area contributed by atoms with Crippen molar-refractivity contribution in [3.8, 4) is 0 Å². The first-order valence-corrected chi connectivity index (χ1v) is 16.5. The summed E-state index contributed by atoms with van der Waals surface area (Å²) in [6.45, 7) is 8.76. The zero-order chi connectivity index (χ0) is 31.9. The number of nitrogens with one attached hydrogen (secondary N) is 1. The molecule has 11 nitrogen and oxygen atoms in total. The highest BCUT2D eigenvalue weighted by Crippen LogP contribution is 2.39. The molecule has 1 aromatic heterocycles. The maximum atomic E-state index is 14.8. The first kappa shape index (κ1) is 31.7. The van der Waals surface area contributed by atoms with Gasteiger partial charge in [0.05, 0.1) is 18.1 Å². The quantitative estimate of drug-likeness (QED) is 0.370. The van der Waals surface area contributed by atoms with Crippen molar-refractivity contribution >= 4 is 29.1 Å². The Bertz CT molecular complexity index is 1490. The molecule has 242 valence electrons. The third-order valence-electron chi connectivity index (χ3n) is 9.77. The van der Waals surface area contributed by atoms with Crippen LogP contribution in [0.2, 0.25) is 0 Å². The van der Waals surface area contributed by atoms with Crippen molar-refractivity contribution < 1.29 is 28.9 Å². The Morgan fingerprint density at radius 1 is 1.20 bits per heavy atom. The molecule has 3 fully saturated rings. The van der Waals surface area contributed by atoms with Gasteiger partial charge in [-0.2, -0.15) is 0 Å². The van der Waals surface area contributed by atoms with Gasteiger partial charge < -0.3 is 20.3 Å². The SMILES string of the molecule is CCOC(=O)C1=C(CN2CCN3C(O)N(C4CCC(C(=O)O)CC4)C[C@]3(C)C2)NC(c2nccs2)=N[C@H]1c1cccc(F)c1C. The number of fused-ring (bicyclic) bond motifs is 1. The molecule has 13 heteroatoms. The Labute approximate surface area is 266 Å². The van der Waals surface area contributed by atoms with Gasteiger partial charge in [-0.1, -0.05) is 12.1 Å². The zero-order valence-electron chi connectivity index (χ0n) is 25.9. The predicted octanol–water partition coefficient (Wildman–Crippen LogP) is 3.11. The zero-order valence-corrected chi connectivity index (χ0v) is 26.7. The summed E-state index contributed by atoms with van der Waals surface area (Å²) in [4.78, 5) is 41.0. The minimum Gasteiger partial charge on any atom is -0.481 e. The first-order chi connectivity index (χ1) is 21.6. The molecule has 2 aromatic rings. The Kier molecular flexibility index (Phi) is 9.08. The van der Waals surface area contributed by atoms with Gasteiger partial charge in [-0.3, -0.25) is 24.5 Å². The molecule has 6 rings (SSSR count). The van der Waals surface area contributed by atoms with Crippen molar-refractivity contribution in [1.29, 1.82) is 0 Å². The molecular formula is C32H41FN6O5S. The number of aliphatic imine (C=N–C) groups is 1. The van der Waals surface area contributed by atoms with Crippen molar-refractivity contribution in [2.24, 2.45) is 10.9 Å². The van der Waals surface area contributed by atoms with Crippen LogP contribution in [0.3, 0.4) is 0 Å². The van der Waals surface area contributed by atoms with Gasteiger partial charge in [0.15, 0.2) is 17.2 Å². The van der Waals surface area contributed by atoms with E-state index in [9.17, 15) is 24.2 Å². The van der Waals surface area contributed by atoms with Gasteiger partial charge in [-0.05, 0) is 63.6 Å². The van der Waals surface area contributed by atoms with Crippen molar-refractivity contribution in [2.75, 3.05) is 39.3 Å². The number of nitrogens with zero attached hydrogens (tertiary/aromatic N) is 5. The number of piperazine rings is 1. The standard InChI is InChI=1S/C32H41FN6O5S/c1-4-44-30(42)25-24(35-27(28-34-12-15-45-28)36-26(25)22-6-5-7-23(33)19(22)2)16-37-13-14-39-31(43)38(18-32(39,3)17-37)21-10-8-20(9-11-21)29(40)41/h5-7,12,15,20-21,26,31,43H,4,8-11,13-14,16-18H2,1-3H3,(H,35,36)(H,40,41)/t20?,21?,26-,31?,32-/m0/s1. The molecular weight excluding hydrogens is 599 g/mol. The number of rotatable bonds is 8. The largest absolute Gasteiger partial charge is 0.481 e. The number of aliphatic carboxylic acids is 1. The molecule has 0 radical (unpaired) electrons. The van der Waals surface area contributed by atoms with Gasteiger partial charge in [-0.25, -0.2) is 14.2 Å². The fraction of sp³-hybridized carbons (Fsp3) is 0.562. The third kappa shape index (κ3) is 6.16. The van der Waals surface area contributed by atoms with Gasteiger partial charge >= 0.3 is 11.9 Å². The summed E-state index contributed by atoms with van der Waals surface area (Å²) < 4.78 is 20.3. The molecule has 0 amide bonds. The van der Waals surface area contributed by atoms with E-state index in [2.05, 4.69) is 31.9 Å². The number of thiazole rings is 1. The van der Waals surface area contributed by atoms with E-state index in [4.69, 9.17) is 9.73 Å². The van der Waals surface area contributed by atoms with E-state index >= 15 is 0 Å². The lowest BCUT2D eigenvalue weighted by molar-refractivity contribution is -0.144. The van der Waals surface area contributed by atoms with Crippen molar-refractivity contribution in [2.45, 2.75) is 70.4 Å². The van der Waals surface area contributed by atoms with Crippen molar-refractivity contribution in [1.82, 2.24) is 25.0 Å². The van der Waals surface area contributed by atoms with Gasteiger partial charge in [0, 0.05) is 61.6 Å². The van der Waals surface area contributed by atoms with Crippen LogP contribution in [0.4, 0.5) is 4.39 Å². The molecule has 4 aliphatic rings.